The smallest absolute Gasteiger partial charge is 0.412 e. The Labute approximate surface area is 264 Å². The predicted octanol–water partition coefficient (Wildman–Crippen LogP) is 8.32. The lowest BCUT2D eigenvalue weighted by molar-refractivity contribution is -0.279. The maximum atomic E-state index is 13.1. The van der Waals surface area contributed by atoms with Gasteiger partial charge >= 0.3 is 6.09 Å². The minimum Gasteiger partial charge on any atom is -0.440 e. The molecule has 8 nitrogen and oxygen atoms in total. The summed E-state index contributed by atoms with van der Waals surface area (Å²) >= 11 is 6.01. The summed E-state index contributed by atoms with van der Waals surface area (Å²) in [4.78, 5) is 15.5. The Balaban J connectivity index is 1.33. The molecule has 3 aliphatic rings. The van der Waals surface area contributed by atoms with Gasteiger partial charge < -0.3 is 28.6 Å². The number of anilines is 1. The van der Waals surface area contributed by atoms with E-state index in [4.69, 9.17) is 35.3 Å². The van der Waals surface area contributed by atoms with Gasteiger partial charge in [0.15, 0.2) is 18.0 Å². The number of carbonyl (C=O) groups excluding carboxylic acids is 1. The van der Waals surface area contributed by atoms with Crippen LogP contribution >= 0.6 is 11.6 Å². The first kappa shape index (κ1) is 34.5. The molecule has 3 saturated heterocycles. The fourth-order valence-electron chi connectivity index (χ4n) is 6.53. The predicted molar refractivity (Wildman–Crippen MR) is 171 cm³/mol. The van der Waals surface area contributed by atoms with E-state index >= 15 is 0 Å². The molecule has 1 N–H and O–H groups in total. The topological polar surface area (TPSA) is 78.5 Å². The molecule has 1 aromatic rings. The molecule has 3 fully saturated rings. The molecule has 1 aromatic carbocycles. The molecule has 0 radical (unpaired) electrons. The second-order valence-corrected chi connectivity index (χ2v) is 13.4. The van der Waals surface area contributed by atoms with Gasteiger partial charge in [0, 0.05) is 23.9 Å². The Bertz CT molecular complexity index is 955. The van der Waals surface area contributed by atoms with E-state index in [2.05, 4.69) is 17.1 Å². The zero-order valence-electron chi connectivity index (χ0n) is 26.8. The second kappa shape index (κ2) is 17.3. The SMILES string of the molecule is CCCCCCCCCCCCOC[C@@]12O[C@@H](CN3CCCCCC3)[C@@H](OC(=O)Nc3ccc(Cl)cc3)[C@@H]1OC(C)(C)O2. The highest BCUT2D eigenvalue weighted by atomic mass is 35.5. The van der Waals surface area contributed by atoms with Crippen LogP contribution in [-0.4, -0.2) is 73.7 Å². The number of unbranched alkanes of at least 4 members (excludes halogenated alkanes) is 9. The van der Waals surface area contributed by atoms with Crippen LogP contribution in [0.15, 0.2) is 24.3 Å². The maximum Gasteiger partial charge on any atom is 0.412 e. The Kier molecular flexibility index (Phi) is 13.9. The van der Waals surface area contributed by atoms with Crippen LogP contribution in [-0.2, 0) is 23.7 Å². The van der Waals surface area contributed by atoms with E-state index in [1.165, 1.54) is 64.2 Å². The number of ether oxygens (including phenoxy) is 5. The van der Waals surface area contributed by atoms with Crippen molar-refractivity contribution in [3.8, 4) is 0 Å². The first-order chi connectivity index (χ1) is 20.8. The lowest BCUT2D eigenvalue weighted by atomic mass is 10.0. The summed E-state index contributed by atoms with van der Waals surface area (Å²) in [5.74, 6) is -2.03. The van der Waals surface area contributed by atoms with Crippen molar-refractivity contribution < 1.29 is 28.5 Å². The summed E-state index contributed by atoms with van der Waals surface area (Å²) in [7, 11) is 0. The van der Waals surface area contributed by atoms with Gasteiger partial charge in [-0.1, -0.05) is 89.2 Å². The lowest BCUT2D eigenvalue weighted by Crippen LogP contribution is -2.46. The normalized spacial score (nSPS) is 27.1. The molecule has 0 saturated carbocycles. The van der Waals surface area contributed by atoms with Gasteiger partial charge in [-0.2, -0.15) is 0 Å². The fourth-order valence-corrected chi connectivity index (χ4v) is 6.65. The molecule has 4 atom stereocenters. The third kappa shape index (κ3) is 10.9. The number of amides is 1. The van der Waals surface area contributed by atoms with Gasteiger partial charge in [0.25, 0.3) is 0 Å². The van der Waals surface area contributed by atoms with Gasteiger partial charge in [-0.05, 0) is 70.5 Å². The number of benzene rings is 1. The van der Waals surface area contributed by atoms with E-state index in [0.717, 1.165) is 38.8 Å². The molecule has 0 unspecified atom stereocenters. The standard InChI is InChI=1S/C34H55ClN2O6/c1-4-5-6-7-8-9-10-11-14-17-24-39-26-34-31(42-33(2,3)43-34)30(29(41-34)25-37-22-15-12-13-16-23-37)40-32(38)36-28-20-18-27(35)19-21-28/h18-21,29-31H,4-17,22-26H2,1-3H3,(H,36,38)/t29-,30+,31-,34-/m0/s1. The van der Waals surface area contributed by atoms with Crippen LogP contribution in [0.3, 0.4) is 0 Å². The zero-order valence-corrected chi connectivity index (χ0v) is 27.5. The molecular formula is C34H55ClN2O6. The Morgan fingerprint density at radius 1 is 0.930 bits per heavy atom. The zero-order chi connectivity index (χ0) is 30.5. The quantitative estimate of drug-likeness (QED) is 0.175. The number of likely N-dealkylation sites (tertiary alicyclic amines) is 1. The van der Waals surface area contributed by atoms with E-state index in [1.807, 2.05) is 13.8 Å². The highest BCUT2D eigenvalue weighted by Gasteiger charge is 2.66. The third-order valence-corrected chi connectivity index (χ3v) is 8.95. The van der Waals surface area contributed by atoms with Crippen molar-refractivity contribution in [3.05, 3.63) is 29.3 Å². The molecule has 4 rings (SSSR count). The minimum atomic E-state index is -1.14. The van der Waals surface area contributed by atoms with Crippen LogP contribution in [0.4, 0.5) is 10.5 Å². The lowest BCUT2D eigenvalue weighted by Gasteiger charge is -2.31. The second-order valence-electron chi connectivity index (χ2n) is 13.0. The summed E-state index contributed by atoms with van der Waals surface area (Å²) in [6.45, 7) is 9.51. The molecule has 0 aromatic heterocycles. The highest BCUT2D eigenvalue weighted by Crippen LogP contribution is 2.47. The first-order valence-electron chi connectivity index (χ1n) is 16.9. The summed E-state index contributed by atoms with van der Waals surface area (Å²) in [5, 5.41) is 3.42. The summed E-state index contributed by atoms with van der Waals surface area (Å²) in [6.07, 6.45) is 15.3. The Morgan fingerprint density at radius 3 is 2.21 bits per heavy atom. The van der Waals surface area contributed by atoms with Crippen LogP contribution in [0.1, 0.15) is 111 Å². The van der Waals surface area contributed by atoms with Crippen molar-refractivity contribution in [1.29, 1.82) is 0 Å². The number of hydrogen-bond donors (Lipinski definition) is 1. The van der Waals surface area contributed by atoms with Crippen molar-refractivity contribution in [2.75, 3.05) is 38.2 Å². The monoisotopic (exact) mass is 622 g/mol. The fraction of sp³-hybridized carbons (Fsp3) is 0.794. The number of halogens is 1. The van der Waals surface area contributed by atoms with E-state index in [0.29, 0.717) is 23.9 Å². The molecular weight excluding hydrogens is 568 g/mol. The van der Waals surface area contributed by atoms with Crippen LogP contribution in [0.5, 0.6) is 0 Å². The molecule has 3 aliphatic heterocycles. The number of nitrogens with zero attached hydrogens (tertiary/aromatic N) is 1. The molecule has 9 heteroatoms. The molecule has 43 heavy (non-hydrogen) atoms. The van der Waals surface area contributed by atoms with Gasteiger partial charge in [-0.25, -0.2) is 4.79 Å². The van der Waals surface area contributed by atoms with Crippen LogP contribution in [0.25, 0.3) is 0 Å². The van der Waals surface area contributed by atoms with Gasteiger partial charge in [-0.3, -0.25) is 5.32 Å². The highest BCUT2D eigenvalue weighted by molar-refractivity contribution is 6.30. The van der Waals surface area contributed by atoms with E-state index in [9.17, 15) is 4.79 Å². The average Bonchev–Trinajstić information content (AvgIpc) is 3.21. The number of carbonyl (C=O) groups is 1. The first-order valence-corrected chi connectivity index (χ1v) is 17.3. The molecule has 0 bridgehead atoms. The van der Waals surface area contributed by atoms with Crippen molar-refractivity contribution in [3.63, 3.8) is 0 Å². The number of nitrogens with one attached hydrogen (secondary N) is 1. The molecule has 3 heterocycles. The van der Waals surface area contributed by atoms with Gasteiger partial charge in [-0.15, -0.1) is 0 Å². The average molecular weight is 623 g/mol. The Hall–Kier alpha value is -1.42. The minimum absolute atomic E-state index is 0.230. The third-order valence-electron chi connectivity index (χ3n) is 8.69. The van der Waals surface area contributed by atoms with Gasteiger partial charge in [0.2, 0.25) is 5.79 Å². The molecule has 0 aliphatic carbocycles. The van der Waals surface area contributed by atoms with Crippen molar-refractivity contribution in [2.24, 2.45) is 0 Å². The molecule has 0 spiro atoms. The Morgan fingerprint density at radius 2 is 1.56 bits per heavy atom. The van der Waals surface area contributed by atoms with Crippen molar-refractivity contribution >= 4 is 23.4 Å². The summed E-state index contributed by atoms with van der Waals surface area (Å²) in [6, 6.07) is 6.94. The van der Waals surface area contributed by atoms with Crippen molar-refractivity contribution in [2.45, 2.75) is 141 Å². The molecule has 1 amide bonds. The number of fused-ring (bicyclic) bond motifs is 1. The van der Waals surface area contributed by atoms with Gasteiger partial charge in [0.05, 0.1) is 0 Å². The number of rotatable bonds is 17. The van der Waals surface area contributed by atoms with Crippen LogP contribution < -0.4 is 5.32 Å². The van der Waals surface area contributed by atoms with E-state index in [-0.39, 0.29) is 6.61 Å². The van der Waals surface area contributed by atoms with E-state index < -0.39 is 36.0 Å². The van der Waals surface area contributed by atoms with Crippen LogP contribution in [0.2, 0.25) is 5.02 Å². The maximum absolute atomic E-state index is 13.1. The van der Waals surface area contributed by atoms with E-state index in [1.54, 1.807) is 24.3 Å². The van der Waals surface area contributed by atoms with Crippen molar-refractivity contribution in [1.82, 2.24) is 4.90 Å². The van der Waals surface area contributed by atoms with Crippen LogP contribution in [0, 0.1) is 0 Å². The summed E-state index contributed by atoms with van der Waals surface area (Å²) < 4.78 is 31.8. The molecule has 244 valence electrons. The number of hydrogen-bond acceptors (Lipinski definition) is 7. The summed E-state index contributed by atoms with van der Waals surface area (Å²) in [5.41, 5.74) is 0.604. The van der Waals surface area contributed by atoms with Gasteiger partial charge in [0.1, 0.15) is 12.7 Å². The largest absolute Gasteiger partial charge is 0.440 e.